The van der Waals surface area contributed by atoms with E-state index in [0.29, 0.717) is 6.54 Å². The maximum Gasteiger partial charge on any atom is 0.0838 e. The maximum absolute atomic E-state index is 8.80. The minimum absolute atomic E-state index is 0.0713. The molecule has 1 aromatic rings. The molecule has 0 bridgehead atoms. The van der Waals surface area contributed by atoms with Crippen LogP contribution in [0.3, 0.4) is 0 Å². The summed E-state index contributed by atoms with van der Waals surface area (Å²) in [7, 11) is 1.84. The van der Waals surface area contributed by atoms with Gasteiger partial charge in [0.15, 0.2) is 0 Å². The van der Waals surface area contributed by atoms with E-state index in [0.717, 1.165) is 5.56 Å². The summed E-state index contributed by atoms with van der Waals surface area (Å²) in [5, 5.41) is 11.8. The highest BCUT2D eigenvalue weighted by Gasteiger charge is 2.07. The van der Waals surface area contributed by atoms with Crippen LogP contribution >= 0.6 is 0 Å². The molecule has 3 heteroatoms. The number of likely N-dealkylation sites (N-methyl/N-ethyl adjacent to an activating group) is 1. The van der Waals surface area contributed by atoms with Gasteiger partial charge in [0.2, 0.25) is 0 Å². The molecule has 12 heavy (non-hydrogen) atoms. The molecule has 1 atom stereocenters. The Balaban J connectivity index is 2.75. The number of hydrogen-bond donors (Lipinski definition) is 1. The van der Waals surface area contributed by atoms with Crippen LogP contribution in [-0.4, -0.2) is 18.6 Å². The number of rotatable bonds is 3. The van der Waals surface area contributed by atoms with E-state index in [1.807, 2.05) is 19.2 Å². The van der Waals surface area contributed by atoms with Crippen LogP contribution < -0.4 is 5.32 Å². The van der Waals surface area contributed by atoms with Crippen molar-refractivity contribution in [2.45, 2.75) is 5.92 Å². The summed E-state index contributed by atoms with van der Waals surface area (Å²) < 4.78 is 0. The molecular weight excluding hydrogens is 150 g/mol. The van der Waals surface area contributed by atoms with E-state index in [1.165, 1.54) is 0 Å². The molecule has 0 aliphatic carbocycles. The average Bonchev–Trinajstić information content (AvgIpc) is 2.15. The predicted octanol–water partition coefficient (Wildman–Crippen LogP) is 0.908. The lowest BCUT2D eigenvalue weighted by atomic mass is 10.0. The van der Waals surface area contributed by atoms with E-state index in [9.17, 15) is 0 Å². The van der Waals surface area contributed by atoms with Gasteiger partial charge in [-0.05, 0) is 24.7 Å². The Morgan fingerprint density at radius 3 is 2.75 bits per heavy atom. The van der Waals surface area contributed by atoms with Crippen molar-refractivity contribution in [1.29, 1.82) is 5.26 Å². The van der Waals surface area contributed by atoms with Gasteiger partial charge in [0.25, 0.3) is 0 Å². The Morgan fingerprint density at radius 2 is 2.25 bits per heavy atom. The molecule has 0 amide bonds. The summed E-state index contributed by atoms with van der Waals surface area (Å²) in [5.41, 5.74) is 1.02. The molecule has 0 radical (unpaired) electrons. The number of hydrogen-bond acceptors (Lipinski definition) is 3. The van der Waals surface area contributed by atoms with Crippen molar-refractivity contribution in [3.63, 3.8) is 0 Å². The first-order chi connectivity index (χ1) is 5.88. The molecule has 1 heterocycles. The smallest absolute Gasteiger partial charge is 0.0838 e. The van der Waals surface area contributed by atoms with E-state index in [1.54, 1.807) is 12.4 Å². The molecule has 1 rings (SSSR count). The van der Waals surface area contributed by atoms with E-state index < -0.39 is 0 Å². The van der Waals surface area contributed by atoms with Crippen LogP contribution in [0.4, 0.5) is 0 Å². The Kier molecular flexibility index (Phi) is 3.24. The Bertz CT molecular complexity index is 263. The van der Waals surface area contributed by atoms with Crippen molar-refractivity contribution in [3.8, 4) is 6.07 Å². The van der Waals surface area contributed by atoms with Crippen LogP contribution in [0, 0.1) is 11.3 Å². The monoisotopic (exact) mass is 161 g/mol. The van der Waals surface area contributed by atoms with Crippen molar-refractivity contribution in [1.82, 2.24) is 10.3 Å². The van der Waals surface area contributed by atoms with Crippen LogP contribution in [0.5, 0.6) is 0 Å². The lowest BCUT2D eigenvalue weighted by Crippen LogP contribution is -2.15. The third-order valence-electron chi connectivity index (χ3n) is 1.67. The van der Waals surface area contributed by atoms with Gasteiger partial charge in [-0.2, -0.15) is 5.26 Å². The van der Waals surface area contributed by atoms with E-state index in [-0.39, 0.29) is 5.92 Å². The van der Waals surface area contributed by atoms with Gasteiger partial charge in [-0.15, -0.1) is 0 Å². The van der Waals surface area contributed by atoms with Crippen LogP contribution in [0.15, 0.2) is 24.5 Å². The molecule has 0 saturated heterocycles. The van der Waals surface area contributed by atoms with Gasteiger partial charge in [-0.1, -0.05) is 0 Å². The highest BCUT2D eigenvalue weighted by Crippen LogP contribution is 2.11. The fraction of sp³-hybridized carbons (Fsp3) is 0.333. The van der Waals surface area contributed by atoms with Crippen LogP contribution in [0.2, 0.25) is 0 Å². The van der Waals surface area contributed by atoms with Crippen molar-refractivity contribution in [2.24, 2.45) is 0 Å². The normalized spacial score (nSPS) is 12.0. The third kappa shape index (κ3) is 2.04. The topological polar surface area (TPSA) is 48.7 Å². The van der Waals surface area contributed by atoms with Crippen LogP contribution in [-0.2, 0) is 0 Å². The molecule has 0 aliphatic rings. The maximum atomic E-state index is 8.80. The molecule has 1 N–H and O–H groups in total. The summed E-state index contributed by atoms with van der Waals surface area (Å²) in [6.07, 6.45) is 3.41. The minimum atomic E-state index is -0.0713. The lowest BCUT2D eigenvalue weighted by Gasteiger charge is -2.06. The summed E-state index contributed by atoms with van der Waals surface area (Å²) in [6.45, 7) is 0.681. The van der Waals surface area contributed by atoms with Crippen LogP contribution in [0.25, 0.3) is 0 Å². The molecule has 1 unspecified atom stereocenters. The van der Waals surface area contributed by atoms with E-state index >= 15 is 0 Å². The quantitative estimate of drug-likeness (QED) is 0.716. The summed E-state index contributed by atoms with van der Waals surface area (Å²) in [4.78, 5) is 3.89. The summed E-state index contributed by atoms with van der Waals surface area (Å²) >= 11 is 0. The lowest BCUT2D eigenvalue weighted by molar-refractivity contribution is 0.733. The molecule has 1 aromatic heterocycles. The Morgan fingerprint density at radius 1 is 1.58 bits per heavy atom. The number of pyridine rings is 1. The van der Waals surface area contributed by atoms with Gasteiger partial charge < -0.3 is 5.32 Å². The Labute approximate surface area is 72.1 Å². The highest BCUT2D eigenvalue weighted by molar-refractivity contribution is 5.22. The van der Waals surface area contributed by atoms with Crippen molar-refractivity contribution >= 4 is 0 Å². The fourth-order valence-electron chi connectivity index (χ4n) is 1.04. The molecule has 3 nitrogen and oxygen atoms in total. The van der Waals surface area contributed by atoms with Gasteiger partial charge >= 0.3 is 0 Å². The fourth-order valence-corrected chi connectivity index (χ4v) is 1.04. The predicted molar refractivity (Wildman–Crippen MR) is 46.5 cm³/mol. The van der Waals surface area contributed by atoms with Crippen molar-refractivity contribution < 1.29 is 0 Å². The second-order valence-electron chi connectivity index (χ2n) is 2.52. The van der Waals surface area contributed by atoms with Gasteiger partial charge in [-0.3, -0.25) is 4.98 Å². The number of nitrogens with zero attached hydrogens (tertiary/aromatic N) is 2. The first-order valence-electron chi connectivity index (χ1n) is 3.82. The third-order valence-corrected chi connectivity index (χ3v) is 1.67. The zero-order chi connectivity index (χ0) is 8.81. The van der Waals surface area contributed by atoms with Crippen molar-refractivity contribution in [3.05, 3.63) is 30.1 Å². The molecule has 0 aliphatic heterocycles. The second kappa shape index (κ2) is 4.47. The number of nitriles is 1. The van der Waals surface area contributed by atoms with Crippen molar-refractivity contribution in [2.75, 3.05) is 13.6 Å². The SMILES string of the molecule is CNCC(C#N)c1ccncc1. The average molecular weight is 161 g/mol. The summed E-state index contributed by atoms with van der Waals surface area (Å²) in [6, 6.07) is 5.96. The number of aromatic nitrogens is 1. The van der Waals surface area contributed by atoms with E-state index in [2.05, 4.69) is 16.4 Å². The zero-order valence-corrected chi connectivity index (χ0v) is 6.99. The zero-order valence-electron chi connectivity index (χ0n) is 6.99. The highest BCUT2D eigenvalue weighted by atomic mass is 14.8. The number of nitrogens with one attached hydrogen (secondary N) is 1. The molecule has 62 valence electrons. The van der Waals surface area contributed by atoms with Gasteiger partial charge in [0, 0.05) is 18.9 Å². The summed E-state index contributed by atoms with van der Waals surface area (Å²) in [5.74, 6) is -0.0713. The minimum Gasteiger partial charge on any atom is -0.318 e. The van der Waals surface area contributed by atoms with Gasteiger partial charge in [-0.25, -0.2) is 0 Å². The Hall–Kier alpha value is -1.40. The van der Waals surface area contributed by atoms with Gasteiger partial charge in [0.1, 0.15) is 0 Å². The molecule has 0 saturated carbocycles. The van der Waals surface area contributed by atoms with E-state index in [4.69, 9.17) is 5.26 Å². The second-order valence-corrected chi connectivity index (χ2v) is 2.52. The molecule has 0 fully saturated rings. The van der Waals surface area contributed by atoms with Crippen LogP contribution in [0.1, 0.15) is 11.5 Å². The standard InChI is InChI=1S/C9H11N3/c1-11-7-9(6-10)8-2-4-12-5-3-8/h2-5,9,11H,7H2,1H3. The first kappa shape index (κ1) is 8.69. The molecular formula is C9H11N3. The molecule has 0 spiro atoms. The largest absolute Gasteiger partial charge is 0.318 e. The first-order valence-corrected chi connectivity index (χ1v) is 3.82. The molecule has 0 aromatic carbocycles. The van der Waals surface area contributed by atoms with Gasteiger partial charge in [0.05, 0.1) is 12.0 Å².